The summed E-state index contributed by atoms with van der Waals surface area (Å²) in [6.07, 6.45) is -3.04. The van der Waals surface area contributed by atoms with Crippen molar-refractivity contribution >= 4 is 5.91 Å². The Hall–Kier alpha value is -3.30. The first-order valence-corrected chi connectivity index (χ1v) is 10.3. The molecule has 1 atom stereocenters. The average Bonchev–Trinajstić information content (AvgIpc) is 3.47. The van der Waals surface area contributed by atoms with Gasteiger partial charge in [0.25, 0.3) is 5.91 Å². The van der Waals surface area contributed by atoms with Crippen LogP contribution in [-0.2, 0) is 12.6 Å². The van der Waals surface area contributed by atoms with Gasteiger partial charge in [-0.05, 0) is 43.7 Å². The molecule has 0 bridgehead atoms. The van der Waals surface area contributed by atoms with Crippen molar-refractivity contribution in [2.75, 3.05) is 19.7 Å². The molecule has 3 heterocycles. The van der Waals surface area contributed by atoms with Crippen LogP contribution in [0.2, 0.25) is 0 Å². The Bertz CT molecular complexity index is 1090. The van der Waals surface area contributed by atoms with Crippen molar-refractivity contribution in [2.24, 2.45) is 0 Å². The van der Waals surface area contributed by atoms with Crippen molar-refractivity contribution in [3.63, 3.8) is 0 Å². The molecular weight excluding hydrogens is 425 g/mol. The van der Waals surface area contributed by atoms with Crippen LogP contribution >= 0.6 is 0 Å². The number of benzene rings is 1. The monoisotopic (exact) mass is 448 g/mol. The molecule has 2 aromatic heterocycles. The molecule has 3 aromatic rings. The number of ether oxygens (including phenoxy) is 1. The minimum Gasteiger partial charge on any atom is -0.493 e. The van der Waals surface area contributed by atoms with Crippen LogP contribution in [0.5, 0.6) is 5.75 Å². The number of rotatable bonds is 6. The van der Waals surface area contributed by atoms with Gasteiger partial charge in [-0.3, -0.25) is 9.89 Å². The van der Waals surface area contributed by atoms with Crippen molar-refractivity contribution in [1.82, 2.24) is 20.1 Å². The number of H-pyrrole nitrogens is 1. The van der Waals surface area contributed by atoms with E-state index in [1.807, 2.05) is 6.07 Å². The molecule has 4 rings (SSSR count). The maximum atomic E-state index is 12.7. The van der Waals surface area contributed by atoms with Gasteiger partial charge in [-0.25, -0.2) is 4.98 Å². The summed E-state index contributed by atoms with van der Waals surface area (Å²) in [5.74, 6) is 1.08. The van der Waals surface area contributed by atoms with Gasteiger partial charge in [0.05, 0.1) is 23.6 Å². The predicted molar refractivity (Wildman–Crippen MR) is 108 cm³/mol. The SMILES string of the molecule is Cc1nc(C)c(C(=O)N2CC[C@@H](c3cc(CCOc4ccc(C(F)(F)F)cc4)[nH]n3)C2)o1. The first-order chi connectivity index (χ1) is 15.2. The Balaban J connectivity index is 1.29. The molecule has 1 amide bonds. The fraction of sp³-hybridized carbons (Fsp3) is 0.409. The molecule has 7 nitrogen and oxygen atoms in total. The maximum absolute atomic E-state index is 12.7. The highest BCUT2D eigenvalue weighted by Crippen LogP contribution is 2.30. The fourth-order valence-corrected chi connectivity index (χ4v) is 3.80. The van der Waals surface area contributed by atoms with Gasteiger partial charge < -0.3 is 14.1 Å². The molecule has 170 valence electrons. The van der Waals surface area contributed by atoms with E-state index in [2.05, 4.69) is 15.2 Å². The van der Waals surface area contributed by atoms with Crippen LogP contribution < -0.4 is 4.74 Å². The quantitative estimate of drug-likeness (QED) is 0.608. The molecule has 0 aliphatic carbocycles. The highest BCUT2D eigenvalue weighted by atomic mass is 19.4. The molecule has 1 fully saturated rings. The largest absolute Gasteiger partial charge is 0.493 e. The third-order valence-corrected chi connectivity index (χ3v) is 5.46. The minimum absolute atomic E-state index is 0.115. The molecule has 10 heteroatoms. The summed E-state index contributed by atoms with van der Waals surface area (Å²) >= 11 is 0. The van der Waals surface area contributed by atoms with Crippen LogP contribution in [0, 0.1) is 13.8 Å². The molecule has 1 aliphatic rings. The van der Waals surface area contributed by atoms with Gasteiger partial charge in [0.2, 0.25) is 5.76 Å². The predicted octanol–water partition coefficient (Wildman–Crippen LogP) is 4.28. The van der Waals surface area contributed by atoms with Gasteiger partial charge in [0.15, 0.2) is 5.89 Å². The summed E-state index contributed by atoms with van der Waals surface area (Å²) in [4.78, 5) is 18.6. The van der Waals surface area contributed by atoms with E-state index in [0.717, 1.165) is 29.9 Å². The van der Waals surface area contributed by atoms with Gasteiger partial charge in [0.1, 0.15) is 5.75 Å². The lowest BCUT2D eigenvalue weighted by Gasteiger charge is -2.14. The molecule has 1 saturated heterocycles. The molecule has 1 N–H and O–H groups in total. The Morgan fingerprint density at radius 3 is 2.69 bits per heavy atom. The number of hydrogen-bond acceptors (Lipinski definition) is 5. The van der Waals surface area contributed by atoms with Crippen LogP contribution in [0.15, 0.2) is 34.7 Å². The molecule has 1 aromatic carbocycles. The third-order valence-electron chi connectivity index (χ3n) is 5.46. The van der Waals surface area contributed by atoms with Crippen LogP contribution in [0.25, 0.3) is 0 Å². The Kier molecular flexibility index (Phi) is 5.94. The highest BCUT2D eigenvalue weighted by Gasteiger charge is 2.32. The van der Waals surface area contributed by atoms with E-state index in [1.165, 1.54) is 12.1 Å². The normalized spacial score (nSPS) is 16.5. The van der Waals surface area contributed by atoms with Crippen LogP contribution in [0.3, 0.4) is 0 Å². The van der Waals surface area contributed by atoms with Crippen molar-refractivity contribution in [1.29, 1.82) is 0 Å². The van der Waals surface area contributed by atoms with Crippen molar-refractivity contribution < 1.29 is 27.1 Å². The summed E-state index contributed by atoms with van der Waals surface area (Å²) in [5.41, 5.74) is 1.61. The van der Waals surface area contributed by atoms with Crippen LogP contribution in [-0.4, -0.2) is 45.7 Å². The van der Waals surface area contributed by atoms with Crippen LogP contribution in [0.1, 0.15) is 51.4 Å². The van der Waals surface area contributed by atoms with E-state index >= 15 is 0 Å². The second-order valence-electron chi connectivity index (χ2n) is 7.82. The summed E-state index contributed by atoms with van der Waals surface area (Å²) in [6.45, 7) is 4.92. The number of oxazole rings is 1. The zero-order valence-corrected chi connectivity index (χ0v) is 17.7. The van der Waals surface area contributed by atoms with Crippen LogP contribution in [0.4, 0.5) is 13.2 Å². The van der Waals surface area contributed by atoms with E-state index < -0.39 is 11.7 Å². The molecule has 0 spiro atoms. The Labute approximate surface area is 182 Å². The zero-order valence-electron chi connectivity index (χ0n) is 17.7. The first kappa shape index (κ1) is 21.9. The topological polar surface area (TPSA) is 84.3 Å². The molecule has 1 aliphatic heterocycles. The summed E-state index contributed by atoms with van der Waals surface area (Å²) in [5, 5.41) is 7.35. The molecule has 32 heavy (non-hydrogen) atoms. The lowest BCUT2D eigenvalue weighted by atomic mass is 10.0. The summed E-state index contributed by atoms with van der Waals surface area (Å²) in [7, 11) is 0. The van der Waals surface area contributed by atoms with E-state index in [-0.39, 0.29) is 17.6 Å². The Morgan fingerprint density at radius 2 is 2.03 bits per heavy atom. The van der Waals surface area contributed by atoms with Gasteiger partial charge in [0, 0.05) is 38.0 Å². The number of carbonyl (C=O) groups is 1. The third kappa shape index (κ3) is 4.79. The maximum Gasteiger partial charge on any atom is 0.416 e. The van der Waals surface area contributed by atoms with E-state index in [1.54, 1.807) is 18.7 Å². The number of aryl methyl sites for hydroxylation is 2. The molecule has 0 saturated carbocycles. The second-order valence-corrected chi connectivity index (χ2v) is 7.82. The zero-order chi connectivity index (χ0) is 22.9. The van der Waals surface area contributed by atoms with Gasteiger partial charge in [-0.2, -0.15) is 18.3 Å². The number of aromatic amines is 1. The number of hydrogen-bond donors (Lipinski definition) is 1. The van der Waals surface area contributed by atoms with Gasteiger partial charge in [-0.1, -0.05) is 0 Å². The number of likely N-dealkylation sites (tertiary alicyclic amines) is 1. The van der Waals surface area contributed by atoms with Crippen molar-refractivity contribution in [3.8, 4) is 5.75 Å². The summed E-state index contributed by atoms with van der Waals surface area (Å²) < 4.78 is 48.8. The standard InChI is InChI=1S/C22H23F3N4O3/c1-13-20(32-14(2)26-13)21(30)29-9-7-15(12-29)19-11-17(27-28-19)8-10-31-18-5-3-16(4-6-18)22(23,24)25/h3-6,11,15H,7-10,12H2,1-2H3,(H,27,28)/t15-/m1/s1. The lowest BCUT2D eigenvalue weighted by molar-refractivity contribution is -0.137. The average molecular weight is 448 g/mol. The number of halogens is 3. The van der Waals surface area contributed by atoms with E-state index in [0.29, 0.717) is 43.5 Å². The van der Waals surface area contributed by atoms with Crippen molar-refractivity contribution in [2.45, 2.75) is 38.8 Å². The fourth-order valence-electron chi connectivity index (χ4n) is 3.80. The number of carbonyl (C=O) groups excluding carboxylic acids is 1. The van der Waals surface area contributed by atoms with Gasteiger partial charge in [-0.15, -0.1) is 0 Å². The molecular formula is C22H23F3N4O3. The number of aromatic nitrogens is 3. The number of nitrogens with one attached hydrogen (secondary N) is 1. The number of alkyl halides is 3. The van der Waals surface area contributed by atoms with E-state index in [4.69, 9.17) is 9.15 Å². The van der Waals surface area contributed by atoms with Crippen molar-refractivity contribution in [3.05, 3.63) is 64.6 Å². The smallest absolute Gasteiger partial charge is 0.416 e. The lowest BCUT2D eigenvalue weighted by Crippen LogP contribution is -2.28. The minimum atomic E-state index is -4.36. The summed E-state index contributed by atoms with van der Waals surface area (Å²) in [6, 6.07) is 6.56. The number of nitrogens with zero attached hydrogens (tertiary/aromatic N) is 3. The molecule has 0 unspecified atom stereocenters. The molecule has 0 radical (unpaired) electrons. The van der Waals surface area contributed by atoms with E-state index in [9.17, 15) is 18.0 Å². The van der Waals surface area contributed by atoms with Gasteiger partial charge >= 0.3 is 6.18 Å². The highest BCUT2D eigenvalue weighted by molar-refractivity contribution is 5.92. The second kappa shape index (κ2) is 8.68. The number of amides is 1. The Morgan fingerprint density at radius 1 is 1.28 bits per heavy atom. The first-order valence-electron chi connectivity index (χ1n) is 10.3.